The average Bonchev–Trinajstić information content (AvgIpc) is 2.33. The van der Waals surface area contributed by atoms with Crippen molar-refractivity contribution in [1.82, 2.24) is 4.98 Å². The van der Waals surface area contributed by atoms with Crippen LogP contribution < -0.4 is 11.1 Å². The number of hydrogen-bond acceptors (Lipinski definition) is 3. The number of nitrogens with two attached hydrogens (primary N) is 1. The van der Waals surface area contributed by atoms with Crippen LogP contribution in [-0.2, 0) is 0 Å². The number of pyridine rings is 1. The van der Waals surface area contributed by atoms with Gasteiger partial charge in [0.1, 0.15) is 5.82 Å². The Balaban J connectivity index is 2.21. The maximum Gasteiger partial charge on any atom is 0.140 e. The van der Waals surface area contributed by atoms with Crippen molar-refractivity contribution in [3.63, 3.8) is 0 Å². The summed E-state index contributed by atoms with van der Waals surface area (Å²) in [6.07, 6.45) is 1.65. The van der Waals surface area contributed by atoms with Crippen molar-refractivity contribution in [1.29, 1.82) is 0 Å². The Morgan fingerprint density at radius 3 is 2.72 bits per heavy atom. The molecule has 3 N–H and O–H groups in total. The van der Waals surface area contributed by atoms with Crippen LogP contribution in [0.3, 0.4) is 0 Å². The molecule has 1 unspecified atom stereocenters. The minimum Gasteiger partial charge on any atom is -0.397 e. The molecule has 0 bridgehead atoms. The minimum absolute atomic E-state index is 0.193. The lowest BCUT2D eigenvalue weighted by Crippen LogP contribution is -2.10. The van der Waals surface area contributed by atoms with Gasteiger partial charge in [0, 0.05) is 0 Å². The monoisotopic (exact) mass is 305 g/mol. The molecule has 0 saturated carbocycles. The SMILES string of the molecule is Cc1ccccc1C(C)Nc1ncc(N)cc1Br. The van der Waals surface area contributed by atoms with Crippen LogP contribution in [0.25, 0.3) is 0 Å². The maximum absolute atomic E-state index is 5.67. The summed E-state index contributed by atoms with van der Waals surface area (Å²) in [6, 6.07) is 10.4. The molecule has 1 atom stereocenters. The van der Waals surface area contributed by atoms with Gasteiger partial charge in [-0.25, -0.2) is 4.98 Å². The fourth-order valence-electron chi connectivity index (χ4n) is 1.91. The standard InChI is InChI=1S/C14H16BrN3/c1-9-5-3-4-6-12(9)10(2)18-14-13(15)7-11(16)8-17-14/h3-8,10H,16H2,1-2H3,(H,17,18). The van der Waals surface area contributed by atoms with Gasteiger partial charge in [-0.05, 0) is 47.0 Å². The molecule has 0 amide bonds. The molecule has 0 radical (unpaired) electrons. The van der Waals surface area contributed by atoms with E-state index in [1.165, 1.54) is 11.1 Å². The Labute approximate surface area is 116 Å². The molecule has 18 heavy (non-hydrogen) atoms. The Morgan fingerprint density at radius 1 is 1.33 bits per heavy atom. The lowest BCUT2D eigenvalue weighted by atomic mass is 10.0. The van der Waals surface area contributed by atoms with Crippen LogP contribution in [0.2, 0.25) is 0 Å². The number of aryl methyl sites for hydroxylation is 1. The lowest BCUT2D eigenvalue weighted by Gasteiger charge is -2.18. The second kappa shape index (κ2) is 5.40. The van der Waals surface area contributed by atoms with E-state index >= 15 is 0 Å². The second-order valence-electron chi connectivity index (χ2n) is 4.32. The van der Waals surface area contributed by atoms with Crippen LogP contribution in [-0.4, -0.2) is 4.98 Å². The first-order chi connectivity index (χ1) is 8.58. The van der Waals surface area contributed by atoms with E-state index in [1.807, 2.05) is 18.2 Å². The fourth-order valence-corrected chi connectivity index (χ4v) is 2.40. The molecule has 0 aliphatic carbocycles. The summed E-state index contributed by atoms with van der Waals surface area (Å²) >= 11 is 3.46. The van der Waals surface area contributed by atoms with Gasteiger partial charge in [0.05, 0.1) is 22.4 Å². The normalized spacial score (nSPS) is 12.2. The van der Waals surface area contributed by atoms with E-state index in [9.17, 15) is 0 Å². The molecule has 0 aliphatic rings. The predicted octanol–water partition coefficient (Wildman–Crippen LogP) is 3.91. The third-order valence-corrected chi connectivity index (χ3v) is 3.48. The molecule has 1 heterocycles. The number of nitrogens with zero attached hydrogens (tertiary/aromatic N) is 1. The molecule has 4 heteroatoms. The highest BCUT2D eigenvalue weighted by Crippen LogP contribution is 2.27. The molecule has 0 fully saturated rings. The summed E-state index contributed by atoms with van der Waals surface area (Å²) < 4.78 is 0.878. The zero-order valence-corrected chi connectivity index (χ0v) is 12.0. The highest BCUT2D eigenvalue weighted by atomic mass is 79.9. The minimum atomic E-state index is 0.193. The van der Waals surface area contributed by atoms with Gasteiger partial charge in [0.25, 0.3) is 0 Å². The molecule has 2 rings (SSSR count). The number of hydrogen-bond donors (Lipinski definition) is 2. The summed E-state index contributed by atoms with van der Waals surface area (Å²) in [5.74, 6) is 0.806. The smallest absolute Gasteiger partial charge is 0.140 e. The Kier molecular flexibility index (Phi) is 3.87. The van der Waals surface area contributed by atoms with Crippen molar-refractivity contribution < 1.29 is 0 Å². The zero-order valence-electron chi connectivity index (χ0n) is 10.4. The summed E-state index contributed by atoms with van der Waals surface area (Å²) in [7, 11) is 0. The van der Waals surface area contributed by atoms with Crippen LogP contribution in [0.15, 0.2) is 41.0 Å². The predicted molar refractivity (Wildman–Crippen MR) is 79.6 cm³/mol. The Hall–Kier alpha value is -1.55. The molecule has 94 valence electrons. The van der Waals surface area contributed by atoms with Gasteiger partial charge in [-0.3, -0.25) is 0 Å². The van der Waals surface area contributed by atoms with Crippen molar-refractivity contribution in [2.24, 2.45) is 0 Å². The molecule has 1 aromatic carbocycles. The largest absolute Gasteiger partial charge is 0.397 e. The van der Waals surface area contributed by atoms with E-state index in [-0.39, 0.29) is 6.04 Å². The first kappa shape index (κ1) is 12.9. The molecular weight excluding hydrogens is 290 g/mol. The number of aromatic nitrogens is 1. The van der Waals surface area contributed by atoms with Crippen molar-refractivity contribution in [2.45, 2.75) is 19.9 Å². The highest BCUT2D eigenvalue weighted by molar-refractivity contribution is 9.10. The van der Waals surface area contributed by atoms with Crippen molar-refractivity contribution in [3.05, 3.63) is 52.1 Å². The van der Waals surface area contributed by atoms with E-state index in [0.717, 1.165) is 10.3 Å². The van der Waals surface area contributed by atoms with E-state index in [4.69, 9.17) is 5.73 Å². The molecule has 0 saturated heterocycles. The van der Waals surface area contributed by atoms with Crippen LogP contribution >= 0.6 is 15.9 Å². The van der Waals surface area contributed by atoms with Gasteiger partial charge in [-0.1, -0.05) is 24.3 Å². The number of rotatable bonds is 3. The summed E-state index contributed by atoms with van der Waals surface area (Å²) in [6.45, 7) is 4.23. The quantitative estimate of drug-likeness (QED) is 0.904. The van der Waals surface area contributed by atoms with Gasteiger partial charge in [0.2, 0.25) is 0 Å². The topological polar surface area (TPSA) is 50.9 Å². The van der Waals surface area contributed by atoms with E-state index in [0.29, 0.717) is 5.69 Å². The summed E-state index contributed by atoms with van der Waals surface area (Å²) in [5, 5.41) is 3.38. The van der Waals surface area contributed by atoms with Gasteiger partial charge >= 0.3 is 0 Å². The summed E-state index contributed by atoms with van der Waals surface area (Å²) in [5.41, 5.74) is 8.86. The van der Waals surface area contributed by atoms with E-state index in [1.54, 1.807) is 6.20 Å². The molecule has 0 spiro atoms. The van der Waals surface area contributed by atoms with Crippen LogP contribution in [0, 0.1) is 6.92 Å². The molecule has 2 aromatic rings. The molecule has 0 aliphatic heterocycles. The first-order valence-electron chi connectivity index (χ1n) is 5.81. The second-order valence-corrected chi connectivity index (χ2v) is 5.18. The van der Waals surface area contributed by atoms with Crippen molar-refractivity contribution >= 4 is 27.4 Å². The average molecular weight is 306 g/mol. The molecule has 1 aromatic heterocycles. The van der Waals surface area contributed by atoms with E-state index in [2.05, 4.69) is 52.2 Å². The van der Waals surface area contributed by atoms with E-state index < -0.39 is 0 Å². The third kappa shape index (κ3) is 2.82. The van der Waals surface area contributed by atoms with Crippen LogP contribution in [0.5, 0.6) is 0 Å². The summed E-state index contributed by atoms with van der Waals surface area (Å²) in [4.78, 5) is 4.29. The molecule has 3 nitrogen and oxygen atoms in total. The molecular formula is C14H16BrN3. The van der Waals surface area contributed by atoms with Crippen molar-refractivity contribution in [3.8, 4) is 0 Å². The fraction of sp³-hybridized carbons (Fsp3) is 0.214. The van der Waals surface area contributed by atoms with Crippen molar-refractivity contribution in [2.75, 3.05) is 11.1 Å². The lowest BCUT2D eigenvalue weighted by molar-refractivity contribution is 0.863. The van der Waals surface area contributed by atoms with Gasteiger partial charge in [0.15, 0.2) is 0 Å². The Morgan fingerprint density at radius 2 is 2.06 bits per heavy atom. The van der Waals surface area contributed by atoms with Gasteiger partial charge in [-0.2, -0.15) is 0 Å². The zero-order chi connectivity index (χ0) is 13.1. The van der Waals surface area contributed by atoms with Gasteiger partial charge < -0.3 is 11.1 Å². The number of benzene rings is 1. The Bertz CT molecular complexity index is 554. The van der Waals surface area contributed by atoms with Crippen LogP contribution in [0.4, 0.5) is 11.5 Å². The third-order valence-electron chi connectivity index (χ3n) is 2.87. The highest BCUT2D eigenvalue weighted by Gasteiger charge is 2.10. The number of anilines is 2. The van der Waals surface area contributed by atoms with Gasteiger partial charge in [-0.15, -0.1) is 0 Å². The maximum atomic E-state index is 5.67. The number of nitrogen functional groups attached to an aromatic ring is 1. The first-order valence-corrected chi connectivity index (χ1v) is 6.60. The number of nitrogens with one attached hydrogen (secondary N) is 1. The van der Waals surface area contributed by atoms with Crippen LogP contribution in [0.1, 0.15) is 24.1 Å². The number of halogens is 1.